The van der Waals surface area contributed by atoms with Gasteiger partial charge in [-0.25, -0.2) is 13.6 Å². The van der Waals surface area contributed by atoms with Gasteiger partial charge in [0.25, 0.3) is 5.91 Å². The third kappa shape index (κ3) is 4.18. The second-order valence-electron chi connectivity index (χ2n) is 12.4. The summed E-state index contributed by atoms with van der Waals surface area (Å²) in [6.07, 6.45) is 6.80. The minimum absolute atomic E-state index is 0.00456. The number of hydrogen-bond donors (Lipinski definition) is 2. The molecule has 12 heteroatoms. The summed E-state index contributed by atoms with van der Waals surface area (Å²) in [7, 11) is 0. The van der Waals surface area contributed by atoms with Gasteiger partial charge < -0.3 is 15.0 Å². The zero-order chi connectivity index (χ0) is 30.1. The minimum atomic E-state index is -1.12. The van der Waals surface area contributed by atoms with Crippen LogP contribution in [0.2, 0.25) is 0 Å². The molecule has 2 aromatic heterocycles. The number of fused-ring (bicyclic) bond motifs is 3. The lowest BCUT2D eigenvalue weighted by molar-refractivity contribution is -0.124. The van der Waals surface area contributed by atoms with E-state index in [1.54, 1.807) is 30.3 Å². The highest BCUT2D eigenvalue weighted by Crippen LogP contribution is 2.40. The molecule has 10 nitrogen and oxygen atoms in total. The van der Waals surface area contributed by atoms with Gasteiger partial charge in [-0.3, -0.25) is 20.0 Å². The standard InChI is InChI=1S/C32H31F2N7O3/c33-22-9-2-7-19-6-1-8-20(23(19)22)25-24(34)26-21(16-35-25)27(40-13-5-12-32(17-40)28(42)38-29(43)39-32)37-30(36-26)44-18-31-10-3-14-41(31)15-4-11-31/h1-2,6-9,16H,3-5,10-15,17-18H2,(H2,38,39,42,43). The molecule has 226 valence electrons. The second kappa shape index (κ2) is 10.0. The predicted octanol–water partition coefficient (Wildman–Crippen LogP) is 4.31. The van der Waals surface area contributed by atoms with E-state index in [4.69, 9.17) is 9.72 Å². The van der Waals surface area contributed by atoms with Gasteiger partial charge in [0, 0.05) is 23.7 Å². The van der Waals surface area contributed by atoms with Gasteiger partial charge in [0.15, 0.2) is 5.82 Å². The molecule has 6 heterocycles. The summed E-state index contributed by atoms with van der Waals surface area (Å²) in [5.41, 5.74) is -0.917. The molecule has 8 rings (SSSR count). The number of nitrogens with one attached hydrogen (secondary N) is 2. The third-order valence-corrected chi connectivity index (χ3v) is 9.84. The van der Waals surface area contributed by atoms with E-state index in [0.29, 0.717) is 48.1 Å². The second-order valence-corrected chi connectivity index (χ2v) is 12.4. The Balaban J connectivity index is 1.25. The van der Waals surface area contributed by atoms with E-state index in [2.05, 4.69) is 25.5 Å². The van der Waals surface area contributed by atoms with Crippen molar-refractivity contribution in [1.82, 2.24) is 30.5 Å². The van der Waals surface area contributed by atoms with Crippen LogP contribution >= 0.6 is 0 Å². The minimum Gasteiger partial charge on any atom is -0.461 e. The molecule has 4 aromatic rings. The summed E-state index contributed by atoms with van der Waals surface area (Å²) >= 11 is 0. The van der Waals surface area contributed by atoms with Crippen LogP contribution in [0.3, 0.4) is 0 Å². The van der Waals surface area contributed by atoms with Crippen LogP contribution in [0, 0.1) is 11.6 Å². The Kier molecular flexibility index (Phi) is 6.19. The Morgan fingerprint density at radius 1 is 0.955 bits per heavy atom. The molecule has 1 spiro atoms. The van der Waals surface area contributed by atoms with Crippen LogP contribution in [0.5, 0.6) is 6.01 Å². The number of pyridine rings is 1. The van der Waals surface area contributed by atoms with Crippen LogP contribution in [0.4, 0.5) is 19.4 Å². The van der Waals surface area contributed by atoms with E-state index in [-0.39, 0.29) is 34.7 Å². The number of nitrogens with zero attached hydrogens (tertiary/aromatic N) is 5. The van der Waals surface area contributed by atoms with E-state index >= 15 is 8.78 Å². The van der Waals surface area contributed by atoms with E-state index in [9.17, 15) is 9.59 Å². The maximum absolute atomic E-state index is 16.6. The average Bonchev–Trinajstić information content (AvgIpc) is 3.68. The molecule has 4 aliphatic heterocycles. The van der Waals surface area contributed by atoms with Gasteiger partial charge >= 0.3 is 12.0 Å². The smallest absolute Gasteiger partial charge is 0.322 e. The van der Waals surface area contributed by atoms with Gasteiger partial charge in [0.2, 0.25) is 0 Å². The van der Waals surface area contributed by atoms with E-state index in [1.165, 1.54) is 12.3 Å². The number of carbonyl (C=O) groups excluding carboxylic acids is 2. The van der Waals surface area contributed by atoms with Gasteiger partial charge in [-0.15, -0.1) is 0 Å². The van der Waals surface area contributed by atoms with Gasteiger partial charge in [-0.05, 0) is 63.1 Å². The number of piperidine rings is 1. The van der Waals surface area contributed by atoms with Crippen molar-refractivity contribution in [3.63, 3.8) is 0 Å². The Hall–Kier alpha value is -4.45. The molecule has 3 amide bonds. The quantitative estimate of drug-likeness (QED) is 0.327. The number of amides is 3. The van der Waals surface area contributed by atoms with E-state index < -0.39 is 29.1 Å². The predicted molar refractivity (Wildman–Crippen MR) is 159 cm³/mol. The SMILES string of the molecule is O=C1NC(=O)C2(CCCN(c3nc(OCC45CCCN4CCC5)nc4c(F)c(-c5cccc6cccc(F)c56)ncc34)C2)N1. The van der Waals surface area contributed by atoms with Crippen LogP contribution in [0.25, 0.3) is 32.9 Å². The molecular formula is C32H31F2N7O3. The third-order valence-electron chi connectivity index (χ3n) is 9.84. The number of rotatable bonds is 5. The zero-order valence-electron chi connectivity index (χ0n) is 24.0. The lowest BCUT2D eigenvalue weighted by Crippen LogP contribution is -2.58. The van der Waals surface area contributed by atoms with Gasteiger partial charge in [-0.1, -0.05) is 30.3 Å². The first-order valence-corrected chi connectivity index (χ1v) is 15.2. The highest BCUT2D eigenvalue weighted by Gasteiger charge is 2.49. The number of anilines is 1. The van der Waals surface area contributed by atoms with E-state index in [1.807, 2.05) is 4.90 Å². The zero-order valence-corrected chi connectivity index (χ0v) is 24.0. The molecule has 0 radical (unpaired) electrons. The van der Waals surface area contributed by atoms with Crippen molar-refractivity contribution in [3.05, 3.63) is 54.2 Å². The number of imide groups is 1. The van der Waals surface area contributed by atoms with Crippen molar-refractivity contribution in [1.29, 1.82) is 0 Å². The number of aromatic nitrogens is 3. The van der Waals surface area contributed by atoms with Gasteiger partial charge in [0.1, 0.15) is 35.0 Å². The van der Waals surface area contributed by atoms with Crippen molar-refractivity contribution in [3.8, 4) is 17.3 Å². The Morgan fingerprint density at radius 3 is 2.50 bits per heavy atom. The molecular weight excluding hydrogens is 568 g/mol. The summed E-state index contributed by atoms with van der Waals surface area (Å²) in [5, 5.41) is 6.37. The number of hydrogen-bond acceptors (Lipinski definition) is 8. The molecule has 1 atom stereocenters. The molecule has 0 aliphatic carbocycles. The number of urea groups is 1. The number of ether oxygens (including phenoxy) is 1. The van der Waals surface area contributed by atoms with Crippen LogP contribution < -0.4 is 20.3 Å². The van der Waals surface area contributed by atoms with E-state index in [0.717, 1.165) is 38.8 Å². The number of benzene rings is 2. The van der Waals surface area contributed by atoms with Crippen molar-refractivity contribution in [2.75, 3.05) is 37.7 Å². The molecule has 4 saturated heterocycles. The van der Waals surface area contributed by atoms with Crippen LogP contribution in [-0.2, 0) is 4.79 Å². The number of carbonyl (C=O) groups is 2. The van der Waals surface area contributed by atoms with Crippen LogP contribution in [-0.4, -0.2) is 75.7 Å². The lowest BCUT2D eigenvalue weighted by Gasteiger charge is -2.39. The fraction of sp³-hybridized carbons (Fsp3) is 0.406. The fourth-order valence-electron chi connectivity index (χ4n) is 7.72. The maximum atomic E-state index is 16.6. The normalized spacial score (nSPS) is 23.0. The highest BCUT2D eigenvalue weighted by molar-refractivity contribution is 6.07. The van der Waals surface area contributed by atoms with Crippen molar-refractivity contribution in [2.24, 2.45) is 0 Å². The van der Waals surface area contributed by atoms with Crippen molar-refractivity contribution in [2.45, 2.75) is 49.6 Å². The Morgan fingerprint density at radius 2 is 1.73 bits per heavy atom. The molecule has 1 unspecified atom stereocenters. The molecule has 2 N–H and O–H groups in total. The first kappa shape index (κ1) is 27.1. The largest absolute Gasteiger partial charge is 0.461 e. The molecule has 0 bridgehead atoms. The summed E-state index contributed by atoms with van der Waals surface area (Å²) in [6.45, 7) is 3.11. The lowest BCUT2D eigenvalue weighted by atomic mass is 9.89. The summed E-state index contributed by atoms with van der Waals surface area (Å²) < 4.78 is 38.0. The van der Waals surface area contributed by atoms with Gasteiger partial charge in [-0.2, -0.15) is 9.97 Å². The average molecular weight is 600 g/mol. The maximum Gasteiger partial charge on any atom is 0.322 e. The number of halogens is 2. The van der Waals surface area contributed by atoms with Crippen molar-refractivity contribution < 1.29 is 23.1 Å². The first-order valence-electron chi connectivity index (χ1n) is 15.2. The topological polar surface area (TPSA) is 113 Å². The molecule has 4 fully saturated rings. The highest BCUT2D eigenvalue weighted by atomic mass is 19.1. The molecule has 4 aliphatic rings. The van der Waals surface area contributed by atoms with Crippen molar-refractivity contribution >= 4 is 39.4 Å². The van der Waals surface area contributed by atoms with Crippen LogP contribution in [0.15, 0.2) is 42.6 Å². The molecule has 0 saturated carbocycles. The Bertz CT molecular complexity index is 1840. The molecule has 44 heavy (non-hydrogen) atoms. The summed E-state index contributed by atoms with van der Waals surface area (Å²) in [4.78, 5) is 43.0. The van der Waals surface area contributed by atoms with Gasteiger partial charge in [0.05, 0.1) is 17.5 Å². The fourth-order valence-corrected chi connectivity index (χ4v) is 7.72. The monoisotopic (exact) mass is 599 g/mol. The summed E-state index contributed by atoms with van der Waals surface area (Å²) in [6, 6.07) is 9.37. The van der Waals surface area contributed by atoms with Crippen LogP contribution in [0.1, 0.15) is 38.5 Å². The Labute approximate surface area is 251 Å². The first-order chi connectivity index (χ1) is 21.4. The summed E-state index contributed by atoms with van der Waals surface area (Å²) in [5.74, 6) is -1.22. The molecule has 2 aromatic carbocycles.